The fourth-order valence-electron chi connectivity index (χ4n) is 4.16. The Morgan fingerprint density at radius 1 is 1.17 bits per heavy atom. The van der Waals surface area contributed by atoms with Crippen molar-refractivity contribution >= 4 is 37.5 Å². The number of rotatable bonds is 4. The summed E-state index contributed by atoms with van der Waals surface area (Å²) in [5.74, 6) is -0.219. The lowest BCUT2D eigenvalue weighted by atomic mass is 9.91. The summed E-state index contributed by atoms with van der Waals surface area (Å²) in [7, 11) is -0.715. The summed E-state index contributed by atoms with van der Waals surface area (Å²) in [5, 5.41) is 6.78. The molecule has 3 aliphatic rings. The van der Waals surface area contributed by atoms with E-state index in [0.29, 0.717) is 23.5 Å². The molecule has 4 heterocycles. The van der Waals surface area contributed by atoms with Crippen molar-refractivity contribution in [3.63, 3.8) is 0 Å². The zero-order valence-electron chi connectivity index (χ0n) is 15.7. The van der Waals surface area contributed by atoms with E-state index in [9.17, 15) is 14.0 Å². The molecule has 6 nitrogen and oxygen atoms in total. The molecule has 150 valence electrons. The number of amides is 2. The molecule has 2 aromatic rings. The Labute approximate surface area is 169 Å². The highest BCUT2D eigenvalue weighted by Crippen LogP contribution is 2.34. The maximum Gasteiger partial charge on any atom is 0.287 e. The van der Waals surface area contributed by atoms with Crippen LogP contribution in [0.15, 0.2) is 46.4 Å². The lowest BCUT2D eigenvalue weighted by Crippen LogP contribution is -2.42. The van der Waals surface area contributed by atoms with Crippen LogP contribution < -0.4 is 0 Å². The number of benzene rings is 1. The lowest BCUT2D eigenvalue weighted by molar-refractivity contribution is -0.120. The van der Waals surface area contributed by atoms with E-state index in [1.165, 1.54) is 17.0 Å². The first-order valence-corrected chi connectivity index (χ1v) is 11.0. The van der Waals surface area contributed by atoms with E-state index < -0.39 is 10.5 Å². The Bertz CT molecular complexity index is 1060. The fourth-order valence-corrected chi connectivity index (χ4v) is 5.79. The molecule has 0 spiro atoms. The maximum absolute atomic E-state index is 13.3. The van der Waals surface area contributed by atoms with Gasteiger partial charge in [0.1, 0.15) is 5.82 Å². The third kappa shape index (κ3) is 3.26. The summed E-state index contributed by atoms with van der Waals surface area (Å²) in [6.07, 6.45) is 7.21. The first kappa shape index (κ1) is 18.4. The van der Waals surface area contributed by atoms with E-state index >= 15 is 0 Å². The quantitative estimate of drug-likeness (QED) is 0.716. The molecular formula is C21H20FN3O3S. The molecule has 0 radical (unpaired) electrons. The Hall–Kier alpha value is -2.58. The Morgan fingerprint density at radius 3 is 2.79 bits per heavy atom. The monoisotopic (exact) mass is 413 g/mol. The van der Waals surface area contributed by atoms with Gasteiger partial charge in [-0.3, -0.25) is 14.5 Å². The largest absolute Gasteiger partial charge is 0.356 e. The molecule has 1 fully saturated rings. The number of likely N-dealkylation sites (tertiary alicyclic amines) is 1. The van der Waals surface area contributed by atoms with E-state index in [1.54, 1.807) is 18.2 Å². The van der Waals surface area contributed by atoms with Crippen LogP contribution >= 0.6 is 10.5 Å². The second-order valence-electron chi connectivity index (χ2n) is 7.44. The molecule has 1 saturated heterocycles. The Balaban J connectivity index is 1.19. The first-order chi connectivity index (χ1) is 14.1. The Morgan fingerprint density at radius 2 is 2.00 bits per heavy atom. The number of carbonyl (C=O) groups excluding carboxylic acids is 2. The summed E-state index contributed by atoms with van der Waals surface area (Å²) in [5.41, 5.74) is 1.38. The highest BCUT2D eigenvalue weighted by molar-refractivity contribution is 8.32. The molecule has 1 unspecified atom stereocenters. The molecule has 1 aromatic carbocycles. The summed E-state index contributed by atoms with van der Waals surface area (Å²) >= 11 is 0. The van der Waals surface area contributed by atoms with Crippen LogP contribution in [0.1, 0.15) is 24.5 Å². The van der Waals surface area contributed by atoms with Gasteiger partial charge in [0, 0.05) is 30.5 Å². The molecule has 29 heavy (non-hydrogen) atoms. The van der Waals surface area contributed by atoms with Crippen LogP contribution in [0.2, 0.25) is 0 Å². The molecule has 3 aliphatic heterocycles. The average molecular weight is 413 g/mol. The van der Waals surface area contributed by atoms with E-state index in [1.807, 2.05) is 11.5 Å². The number of piperidine rings is 1. The van der Waals surface area contributed by atoms with Gasteiger partial charge in [-0.2, -0.15) is 0 Å². The van der Waals surface area contributed by atoms with Gasteiger partial charge in [-0.1, -0.05) is 27.8 Å². The second-order valence-corrected chi connectivity index (χ2v) is 9.17. The minimum Gasteiger partial charge on any atom is -0.356 e. The highest BCUT2D eigenvalue weighted by atomic mass is 32.2. The normalized spacial score (nSPS) is 22.9. The molecule has 1 aromatic heterocycles. The topological polar surface area (TPSA) is 66.7 Å². The van der Waals surface area contributed by atoms with Gasteiger partial charge >= 0.3 is 0 Å². The number of aromatic nitrogens is 1. The van der Waals surface area contributed by atoms with E-state index in [2.05, 4.69) is 10.1 Å². The number of fused-ring (bicyclic) bond motifs is 1. The fraction of sp³-hybridized carbons (Fsp3) is 0.333. The molecule has 8 heteroatoms. The number of imide groups is 1. The molecular weight excluding hydrogens is 393 g/mol. The van der Waals surface area contributed by atoms with E-state index in [4.69, 9.17) is 4.52 Å². The molecule has 0 N–H and O–H groups in total. The molecule has 0 bridgehead atoms. The van der Waals surface area contributed by atoms with Crippen molar-refractivity contribution in [3.8, 4) is 0 Å². The van der Waals surface area contributed by atoms with E-state index in [-0.39, 0.29) is 22.9 Å². The average Bonchev–Trinajstić information content (AvgIpc) is 3.26. The zero-order chi connectivity index (χ0) is 20.0. The summed E-state index contributed by atoms with van der Waals surface area (Å²) < 4.78 is 18.6. The number of halogens is 1. The molecule has 1 atom stereocenters. The first-order valence-electron chi connectivity index (χ1n) is 9.70. The lowest BCUT2D eigenvalue weighted by Gasteiger charge is -2.32. The van der Waals surface area contributed by atoms with Gasteiger partial charge in [0.15, 0.2) is 5.58 Å². The van der Waals surface area contributed by atoms with Crippen molar-refractivity contribution < 1.29 is 18.5 Å². The van der Waals surface area contributed by atoms with Crippen LogP contribution in [0.3, 0.4) is 0 Å². The van der Waals surface area contributed by atoms with Crippen molar-refractivity contribution in [1.29, 1.82) is 0 Å². The van der Waals surface area contributed by atoms with Gasteiger partial charge in [-0.15, -0.1) is 0 Å². The van der Waals surface area contributed by atoms with Crippen molar-refractivity contribution in [1.82, 2.24) is 15.0 Å². The summed E-state index contributed by atoms with van der Waals surface area (Å²) in [4.78, 5) is 29.3. The zero-order valence-corrected chi connectivity index (χ0v) is 16.5. The van der Waals surface area contributed by atoms with Crippen molar-refractivity contribution in [2.75, 3.05) is 26.2 Å². The number of nitrogens with zero attached hydrogens (tertiary/aromatic N) is 3. The molecule has 2 amide bonds. The van der Waals surface area contributed by atoms with Crippen molar-refractivity contribution in [3.05, 3.63) is 53.3 Å². The third-order valence-electron chi connectivity index (χ3n) is 5.75. The van der Waals surface area contributed by atoms with Crippen LogP contribution in [0, 0.1) is 5.82 Å². The number of hydrogen-bond acceptors (Lipinski definition) is 5. The van der Waals surface area contributed by atoms with Crippen LogP contribution in [-0.2, 0) is 4.79 Å². The predicted octanol–water partition coefficient (Wildman–Crippen LogP) is 3.63. The number of allylic oxidation sites excluding steroid dienone is 2. The number of hydrogen-bond donors (Lipinski definition) is 0. The van der Waals surface area contributed by atoms with E-state index in [0.717, 1.165) is 37.0 Å². The summed E-state index contributed by atoms with van der Waals surface area (Å²) in [6, 6.07) is 4.53. The smallest absolute Gasteiger partial charge is 0.287 e. The molecule has 0 saturated carbocycles. The Kier molecular flexibility index (Phi) is 4.67. The van der Waals surface area contributed by atoms with Crippen LogP contribution in [0.5, 0.6) is 0 Å². The molecule has 0 aliphatic carbocycles. The van der Waals surface area contributed by atoms with Gasteiger partial charge in [-0.25, -0.2) is 4.39 Å². The van der Waals surface area contributed by atoms with Crippen LogP contribution in [0.25, 0.3) is 11.0 Å². The van der Waals surface area contributed by atoms with Gasteiger partial charge in [0.05, 0.1) is 10.6 Å². The number of carbonyl (C=O) groups is 2. The van der Waals surface area contributed by atoms with Crippen molar-refractivity contribution in [2.45, 2.75) is 18.8 Å². The van der Waals surface area contributed by atoms with Gasteiger partial charge in [0.25, 0.3) is 11.1 Å². The SMILES string of the molecule is O=C1C2=S(C=CC=C2)C(=O)N1CCN1CCC(c2noc3cc(F)ccc23)CC1. The van der Waals surface area contributed by atoms with Crippen molar-refractivity contribution in [2.24, 2.45) is 0 Å². The highest BCUT2D eigenvalue weighted by Gasteiger charge is 2.36. The van der Waals surface area contributed by atoms with Crippen LogP contribution in [0.4, 0.5) is 9.18 Å². The molecule has 5 rings (SSSR count). The summed E-state index contributed by atoms with van der Waals surface area (Å²) in [6.45, 7) is 2.81. The standard InChI is InChI=1S/C21H20FN3O3S/c22-15-4-5-16-17(13-15)28-23-19(16)14-6-8-24(9-7-14)10-11-25-20(26)18-3-1-2-12-29(18)21(25)27/h1-5,12-14H,6-11H2. The van der Waals surface area contributed by atoms with Gasteiger partial charge < -0.3 is 9.42 Å². The second kappa shape index (κ2) is 7.35. The van der Waals surface area contributed by atoms with Gasteiger partial charge in [-0.05, 0) is 49.5 Å². The predicted molar refractivity (Wildman–Crippen MR) is 110 cm³/mol. The minimum atomic E-state index is -0.715. The van der Waals surface area contributed by atoms with Gasteiger partial charge in [0.2, 0.25) is 0 Å². The van der Waals surface area contributed by atoms with Crippen LogP contribution in [-0.4, -0.2) is 57.1 Å². The maximum atomic E-state index is 13.3. The minimum absolute atomic E-state index is 0.0956. The third-order valence-corrected chi connectivity index (χ3v) is 7.56.